The molecule has 0 aliphatic heterocycles. The van der Waals surface area contributed by atoms with Crippen LogP contribution in [0.3, 0.4) is 0 Å². The summed E-state index contributed by atoms with van der Waals surface area (Å²) in [4.78, 5) is 15.9. The molecule has 0 aliphatic carbocycles. The van der Waals surface area contributed by atoms with Crippen molar-refractivity contribution in [1.82, 2.24) is 10.3 Å². The third-order valence-corrected chi connectivity index (χ3v) is 3.11. The number of aromatic nitrogens is 1. The minimum absolute atomic E-state index is 0.000449. The van der Waals surface area contributed by atoms with Crippen molar-refractivity contribution in [3.63, 3.8) is 0 Å². The Morgan fingerprint density at radius 2 is 2.00 bits per heavy atom. The Bertz CT molecular complexity index is 570. The molecule has 0 saturated carbocycles. The van der Waals surface area contributed by atoms with E-state index in [1.807, 2.05) is 49.4 Å². The lowest BCUT2D eigenvalue weighted by molar-refractivity contribution is -0.121. The van der Waals surface area contributed by atoms with Crippen LogP contribution in [-0.2, 0) is 11.2 Å². The van der Waals surface area contributed by atoms with Crippen LogP contribution in [0.4, 0.5) is 0 Å². The molecule has 1 aromatic carbocycles. The molecule has 4 heteroatoms. The van der Waals surface area contributed by atoms with Crippen LogP contribution in [0.2, 0.25) is 0 Å². The van der Waals surface area contributed by atoms with Crippen molar-refractivity contribution in [3.05, 3.63) is 59.9 Å². The first-order valence-corrected chi connectivity index (χ1v) is 7.11. The lowest BCUT2D eigenvalue weighted by atomic mass is 10.2. The van der Waals surface area contributed by atoms with Crippen molar-refractivity contribution >= 4 is 5.91 Å². The number of nitrogens with zero attached hydrogens (tertiary/aromatic N) is 1. The monoisotopic (exact) mass is 284 g/mol. The molecule has 4 nitrogen and oxygen atoms in total. The Labute approximate surface area is 125 Å². The van der Waals surface area contributed by atoms with Gasteiger partial charge in [-0.15, -0.1) is 0 Å². The molecule has 0 spiro atoms. The summed E-state index contributed by atoms with van der Waals surface area (Å²) in [7, 11) is 0. The summed E-state index contributed by atoms with van der Waals surface area (Å²) in [6.07, 6.45) is 2.86. The summed E-state index contributed by atoms with van der Waals surface area (Å²) >= 11 is 0. The first-order chi connectivity index (χ1) is 10.3. The van der Waals surface area contributed by atoms with E-state index in [1.54, 1.807) is 6.20 Å². The largest absolute Gasteiger partial charge is 0.493 e. The second-order valence-corrected chi connectivity index (χ2v) is 4.78. The molecule has 21 heavy (non-hydrogen) atoms. The zero-order valence-corrected chi connectivity index (χ0v) is 12.2. The van der Waals surface area contributed by atoms with Crippen molar-refractivity contribution in [2.45, 2.75) is 19.8 Å². The molecule has 2 aromatic rings. The molecule has 0 saturated heterocycles. The van der Waals surface area contributed by atoms with Crippen LogP contribution in [0.15, 0.2) is 48.7 Å². The Hall–Kier alpha value is -2.36. The van der Waals surface area contributed by atoms with Crippen LogP contribution in [0.5, 0.6) is 5.75 Å². The van der Waals surface area contributed by atoms with Gasteiger partial charge < -0.3 is 10.1 Å². The highest BCUT2D eigenvalue weighted by Gasteiger charge is 2.03. The first-order valence-electron chi connectivity index (χ1n) is 7.11. The molecule has 1 aromatic heterocycles. The van der Waals surface area contributed by atoms with Gasteiger partial charge in [-0.2, -0.15) is 0 Å². The molecular weight excluding hydrogens is 264 g/mol. The smallest absolute Gasteiger partial charge is 0.223 e. The topological polar surface area (TPSA) is 51.2 Å². The quantitative estimate of drug-likeness (QED) is 0.850. The van der Waals surface area contributed by atoms with Crippen LogP contribution in [0.1, 0.15) is 17.7 Å². The number of ether oxygens (including phenoxy) is 1. The fourth-order valence-corrected chi connectivity index (χ4v) is 1.94. The molecule has 1 heterocycles. The maximum atomic E-state index is 11.7. The number of hydrogen-bond donors (Lipinski definition) is 1. The Morgan fingerprint density at radius 3 is 2.76 bits per heavy atom. The molecule has 0 aliphatic rings. The predicted molar refractivity (Wildman–Crippen MR) is 82.2 cm³/mol. The van der Waals surface area contributed by atoms with Crippen LogP contribution < -0.4 is 10.1 Å². The number of rotatable bonds is 7. The number of para-hydroxylation sites is 1. The molecule has 1 N–H and O–H groups in total. The number of carbonyl (C=O) groups excluding carboxylic acids is 1. The summed E-state index contributed by atoms with van der Waals surface area (Å²) in [5.41, 5.74) is 2.06. The molecule has 2 rings (SSSR count). The highest BCUT2D eigenvalue weighted by molar-refractivity contribution is 5.75. The molecule has 0 radical (unpaired) electrons. The fraction of sp³-hybridized carbons (Fsp3) is 0.294. The second-order valence-electron chi connectivity index (χ2n) is 4.78. The van der Waals surface area contributed by atoms with Gasteiger partial charge in [-0.1, -0.05) is 24.3 Å². The number of hydrogen-bond acceptors (Lipinski definition) is 3. The number of benzene rings is 1. The second kappa shape index (κ2) is 8.04. The van der Waals surface area contributed by atoms with Crippen molar-refractivity contribution in [2.75, 3.05) is 13.2 Å². The van der Waals surface area contributed by atoms with E-state index >= 15 is 0 Å². The SMILES string of the molecule is Cc1ccccc1OCCC(=O)NCCc1ccccn1. The molecule has 1 amide bonds. The normalized spacial score (nSPS) is 10.1. The summed E-state index contributed by atoms with van der Waals surface area (Å²) < 4.78 is 5.60. The molecule has 0 fully saturated rings. The zero-order valence-electron chi connectivity index (χ0n) is 12.2. The van der Waals surface area contributed by atoms with Crippen molar-refractivity contribution < 1.29 is 9.53 Å². The lowest BCUT2D eigenvalue weighted by Gasteiger charge is -2.09. The minimum Gasteiger partial charge on any atom is -0.493 e. The third-order valence-electron chi connectivity index (χ3n) is 3.11. The predicted octanol–water partition coefficient (Wildman–Crippen LogP) is 2.52. The van der Waals surface area contributed by atoms with Gasteiger partial charge in [0.25, 0.3) is 0 Å². The number of aryl methyl sites for hydroxylation is 1. The van der Waals surface area contributed by atoms with E-state index in [9.17, 15) is 4.79 Å². The Morgan fingerprint density at radius 1 is 1.19 bits per heavy atom. The third kappa shape index (κ3) is 5.26. The van der Waals surface area contributed by atoms with Gasteiger partial charge in [0.05, 0.1) is 13.0 Å². The zero-order chi connectivity index (χ0) is 14.9. The summed E-state index contributed by atoms with van der Waals surface area (Å²) in [5.74, 6) is 0.832. The van der Waals surface area contributed by atoms with Gasteiger partial charge in [0, 0.05) is 24.9 Å². The first kappa shape index (κ1) is 15.0. The molecule has 0 atom stereocenters. The van der Waals surface area contributed by atoms with Crippen molar-refractivity contribution in [2.24, 2.45) is 0 Å². The van der Waals surface area contributed by atoms with E-state index in [1.165, 1.54) is 0 Å². The van der Waals surface area contributed by atoms with Crippen LogP contribution in [0, 0.1) is 6.92 Å². The molecule has 110 valence electrons. The van der Waals surface area contributed by atoms with Gasteiger partial charge >= 0.3 is 0 Å². The molecule has 0 bridgehead atoms. The highest BCUT2D eigenvalue weighted by atomic mass is 16.5. The number of pyridine rings is 1. The number of amides is 1. The number of nitrogens with one attached hydrogen (secondary N) is 1. The fourth-order valence-electron chi connectivity index (χ4n) is 1.94. The van der Waals surface area contributed by atoms with E-state index < -0.39 is 0 Å². The van der Waals surface area contributed by atoms with E-state index in [4.69, 9.17) is 4.74 Å². The van der Waals surface area contributed by atoms with Gasteiger partial charge in [-0.25, -0.2) is 0 Å². The lowest BCUT2D eigenvalue weighted by Crippen LogP contribution is -2.27. The standard InChI is InChI=1S/C17H20N2O2/c1-14-6-2-3-8-16(14)21-13-10-17(20)19-12-9-15-7-4-5-11-18-15/h2-8,11H,9-10,12-13H2,1H3,(H,19,20). The van der Waals surface area contributed by atoms with E-state index in [0.717, 1.165) is 23.4 Å². The average Bonchev–Trinajstić information content (AvgIpc) is 2.50. The summed E-state index contributed by atoms with van der Waals surface area (Å²) in [6.45, 7) is 2.97. The van der Waals surface area contributed by atoms with Gasteiger partial charge in [0.15, 0.2) is 0 Å². The maximum Gasteiger partial charge on any atom is 0.223 e. The highest BCUT2D eigenvalue weighted by Crippen LogP contribution is 2.16. The molecular formula is C17H20N2O2. The summed E-state index contributed by atoms with van der Waals surface area (Å²) in [5, 5.41) is 2.87. The van der Waals surface area contributed by atoms with Gasteiger partial charge in [0.2, 0.25) is 5.91 Å². The van der Waals surface area contributed by atoms with Crippen LogP contribution in [0.25, 0.3) is 0 Å². The van der Waals surface area contributed by atoms with Crippen LogP contribution >= 0.6 is 0 Å². The maximum absolute atomic E-state index is 11.7. The Balaban J connectivity index is 1.63. The van der Waals surface area contributed by atoms with Crippen LogP contribution in [-0.4, -0.2) is 24.0 Å². The molecule has 0 unspecified atom stereocenters. The van der Waals surface area contributed by atoms with E-state index in [0.29, 0.717) is 19.6 Å². The number of carbonyl (C=O) groups is 1. The average molecular weight is 284 g/mol. The van der Waals surface area contributed by atoms with Gasteiger partial charge in [-0.3, -0.25) is 9.78 Å². The Kier molecular flexibility index (Phi) is 5.76. The van der Waals surface area contributed by atoms with E-state index in [-0.39, 0.29) is 5.91 Å². The minimum atomic E-state index is -0.000449. The summed E-state index contributed by atoms with van der Waals surface area (Å²) in [6, 6.07) is 13.6. The van der Waals surface area contributed by atoms with Gasteiger partial charge in [-0.05, 0) is 30.7 Å². The van der Waals surface area contributed by atoms with E-state index in [2.05, 4.69) is 10.3 Å². The van der Waals surface area contributed by atoms with Gasteiger partial charge in [0.1, 0.15) is 5.75 Å². The van der Waals surface area contributed by atoms with Crippen molar-refractivity contribution in [3.8, 4) is 5.75 Å². The van der Waals surface area contributed by atoms with Crippen molar-refractivity contribution in [1.29, 1.82) is 0 Å².